The van der Waals surface area contributed by atoms with Crippen molar-refractivity contribution in [2.75, 3.05) is 11.0 Å². The van der Waals surface area contributed by atoms with Crippen LogP contribution in [0.1, 0.15) is 37.5 Å². The van der Waals surface area contributed by atoms with Crippen LogP contribution in [0.5, 0.6) is 5.75 Å². The molecule has 31 heavy (non-hydrogen) atoms. The van der Waals surface area contributed by atoms with Crippen molar-refractivity contribution >= 4 is 27.9 Å². The first-order valence-electron chi connectivity index (χ1n) is 9.75. The third-order valence-electron chi connectivity index (χ3n) is 4.78. The smallest absolute Gasteiger partial charge is 0.255 e. The van der Waals surface area contributed by atoms with Crippen molar-refractivity contribution in [3.05, 3.63) is 81.8 Å². The highest BCUT2D eigenvalue weighted by Gasteiger charge is 2.19. The number of phenols is 1. The van der Waals surface area contributed by atoms with Crippen LogP contribution in [0.3, 0.4) is 0 Å². The van der Waals surface area contributed by atoms with Gasteiger partial charge >= 0.3 is 0 Å². The first kappa shape index (κ1) is 22.4. The van der Waals surface area contributed by atoms with Crippen molar-refractivity contribution in [1.29, 1.82) is 0 Å². The van der Waals surface area contributed by atoms with Crippen LogP contribution in [0, 0.1) is 0 Å². The summed E-state index contributed by atoms with van der Waals surface area (Å²) in [4.78, 5) is 15.0. The zero-order valence-corrected chi connectivity index (χ0v) is 18.7. The van der Waals surface area contributed by atoms with E-state index in [2.05, 4.69) is 30.5 Å². The van der Waals surface area contributed by atoms with Crippen molar-refractivity contribution in [3.63, 3.8) is 0 Å². The number of aromatic nitrogens is 1. The average Bonchev–Trinajstić information content (AvgIpc) is 2.67. The summed E-state index contributed by atoms with van der Waals surface area (Å²) in [5, 5.41) is 10.9. The second kappa shape index (κ2) is 8.43. The van der Waals surface area contributed by atoms with Gasteiger partial charge in [0.15, 0.2) is 0 Å². The normalized spacial score (nSPS) is 12.3. The molecule has 0 aliphatic rings. The average molecular weight is 439 g/mol. The third-order valence-corrected chi connectivity index (χ3v) is 5.39. The largest absolute Gasteiger partial charge is 0.507 e. The number of H-pyrrole nitrogens is 1. The fourth-order valence-corrected chi connectivity index (χ4v) is 3.68. The van der Waals surface area contributed by atoms with E-state index in [9.17, 15) is 18.3 Å². The van der Waals surface area contributed by atoms with Crippen LogP contribution in [0.4, 0.5) is 5.69 Å². The molecule has 1 heterocycles. The lowest BCUT2D eigenvalue weighted by molar-refractivity contribution is 0.474. The Balaban J connectivity index is 2.03. The molecule has 0 fully saturated rings. The van der Waals surface area contributed by atoms with Crippen LogP contribution >= 0.6 is 0 Å². The summed E-state index contributed by atoms with van der Waals surface area (Å²) in [6, 6.07) is 14.1. The molecule has 1 aromatic heterocycles. The highest BCUT2D eigenvalue weighted by Crippen LogP contribution is 2.37. The number of pyridine rings is 1. The van der Waals surface area contributed by atoms with E-state index in [1.54, 1.807) is 48.7 Å². The van der Waals surface area contributed by atoms with Gasteiger partial charge in [-0.05, 0) is 52.9 Å². The summed E-state index contributed by atoms with van der Waals surface area (Å²) in [5.74, 6) is 0.0244. The van der Waals surface area contributed by atoms with E-state index in [1.807, 2.05) is 18.2 Å². The number of hydrogen-bond acceptors (Lipinski definition) is 4. The van der Waals surface area contributed by atoms with Crippen LogP contribution in [-0.4, -0.2) is 24.8 Å². The Bertz CT molecular complexity index is 1280. The molecule has 0 aliphatic heterocycles. The van der Waals surface area contributed by atoms with E-state index in [0.29, 0.717) is 22.4 Å². The lowest BCUT2D eigenvalue weighted by atomic mass is 9.83. The number of nitrogens with one attached hydrogen (secondary N) is 2. The molecule has 0 aliphatic carbocycles. The topological polar surface area (TPSA) is 99.3 Å². The van der Waals surface area contributed by atoms with Gasteiger partial charge in [0.05, 0.1) is 11.8 Å². The Morgan fingerprint density at radius 2 is 1.68 bits per heavy atom. The molecule has 0 unspecified atom stereocenters. The zero-order valence-electron chi connectivity index (χ0n) is 17.9. The maximum Gasteiger partial charge on any atom is 0.255 e. The quantitative estimate of drug-likeness (QED) is 0.508. The molecule has 0 atom stereocenters. The number of aromatic hydroxyl groups is 1. The molecule has 3 rings (SSSR count). The van der Waals surface area contributed by atoms with E-state index in [0.717, 1.165) is 17.4 Å². The van der Waals surface area contributed by atoms with Gasteiger partial charge in [-0.2, -0.15) is 0 Å². The van der Waals surface area contributed by atoms with Crippen LogP contribution < -0.4 is 10.3 Å². The van der Waals surface area contributed by atoms with Crippen LogP contribution in [-0.2, 0) is 15.4 Å². The molecule has 2 aromatic carbocycles. The fraction of sp³-hybridized carbons (Fsp3) is 0.208. The minimum Gasteiger partial charge on any atom is -0.507 e. The van der Waals surface area contributed by atoms with Crippen molar-refractivity contribution in [3.8, 4) is 16.9 Å². The summed E-state index contributed by atoms with van der Waals surface area (Å²) in [7, 11) is -3.33. The lowest BCUT2D eigenvalue weighted by Crippen LogP contribution is -2.13. The van der Waals surface area contributed by atoms with Gasteiger partial charge in [0.25, 0.3) is 5.56 Å². The summed E-state index contributed by atoms with van der Waals surface area (Å²) in [6.45, 7) is 6.21. The Kier molecular flexibility index (Phi) is 6.08. The first-order chi connectivity index (χ1) is 14.4. The van der Waals surface area contributed by atoms with Crippen molar-refractivity contribution in [2.45, 2.75) is 26.2 Å². The second-order valence-corrected chi connectivity index (χ2v) is 10.2. The zero-order chi connectivity index (χ0) is 22.8. The number of sulfonamides is 1. The van der Waals surface area contributed by atoms with Gasteiger partial charge in [-0.3, -0.25) is 9.52 Å². The van der Waals surface area contributed by atoms with Gasteiger partial charge in [0.2, 0.25) is 10.0 Å². The van der Waals surface area contributed by atoms with Crippen LogP contribution in [0.15, 0.2) is 59.5 Å². The highest BCUT2D eigenvalue weighted by atomic mass is 32.2. The van der Waals surface area contributed by atoms with Gasteiger partial charge in [0.1, 0.15) is 5.75 Å². The molecule has 3 aromatic rings. The Morgan fingerprint density at radius 3 is 2.26 bits per heavy atom. The van der Waals surface area contributed by atoms with Crippen LogP contribution in [0.2, 0.25) is 0 Å². The fourth-order valence-electron chi connectivity index (χ4n) is 3.12. The van der Waals surface area contributed by atoms with Gasteiger partial charge < -0.3 is 10.1 Å². The van der Waals surface area contributed by atoms with E-state index >= 15 is 0 Å². The van der Waals surface area contributed by atoms with Crippen molar-refractivity contribution in [1.82, 2.24) is 4.98 Å². The summed E-state index contributed by atoms with van der Waals surface area (Å²) < 4.78 is 25.1. The number of aromatic amines is 1. The maximum absolute atomic E-state index is 12.3. The number of anilines is 1. The molecule has 0 amide bonds. The number of phenolic OH excluding ortho intramolecular Hbond substituents is 1. The molecular weight excluding hydrogens is 412 g/mol. The second-order valence-electron chi connectivity index (χ2n) is 8.45. The van der Waals surface area contributed by atoms with E-state index in [1.165, 1.54) is 0 Å². The van der Waals surface area contributed by atoms with E-state index in [4.69, 9.17) is 0 Å². The molecule has 162 valence electrons. The molecule has 6 nitrogen and oxygen atoms in total. The number of benzene rings is 2. The van der Waals surface area contributed by atoms with Gasteiger partial charge in [-0.15, -0.1) is 0 Å². The van der Waals surface area contributed by atoms with Crippen molar-refractivity contribution < 1.29 is 13.5 Å². The Hall–Kier alpha value is -3.32. The summed E-state index contributed by atoms with van der Waals surface area (Å²) >= 11 is 0. The number of hydrogen-bond donors (Lipinski definition) is 3. The van der Waals surface area contributed by atoms with Gasteiger partial charge in [0, 0.05) is 23.0 Å². The molecule has 3 N–H and O–H groups in total. The van der Waals surface area contributed by atoms with Crippen LogP contribution in [0.25, 0.3) is 23.3 Å². The van der Waals surface area contributed by atoms with E-state index in [-0.39, 0.29) is 16.7 Å². The number of rotatable bonds is 5. The molecule has 0 bridgehead atoms. The Morgan fingerprint density at radius 1 is 1.00 bits per heavy atom. The monoisotopic (exact) mass is 438 g/mol. The SMILES string of the molecule is CC(C)(C)c1cc(/C=C/c2ccc(NS(C)(=O)=O)cc2)c(O)c(-c2ccc[nH]c2=O)c1. The minimum absolute atomic E-state index is 0.0244. The predicted octanol–water partition coefficient (Wildman–Crippen LogP) is 4.59. The molecule has 0 saturated heterocycles. The molecule has 7 heteroatoms. The minimum atomic E-state index is -3.33. The lowest BCUT2D eigenvalue weighted by Gasteiger charge is -2.22. The summed E-state index contributed by atoms with van der Waals surface area (Å²) in [6.07, 6.45) is 6.26. The van der Waals surface area contributed by atoms with Crippen molar-refractivity contribution in [2.24, 2.45) is 0 Å². The third kappa shape index (κ3) is 5.64. The maximum atomic E-state index is 12.3. The summed E-state index contributed by atoms with van der Waals surface area (Å²) in [5.41, 5.74) is 3.29. The van der Waals surface area contributed by atoms with E-state index < -0.39 is 10.0 Å². The standard InChI is InChI=1S/C24H26N2O4S/c1-24(2,3)18-14-17(22(27)21(15-18)20-6-5-13-25-23(20)28)10-7-16-8-11-19(12-9-16)26-31(4,29)30/h5-15,26-27H,1-4H3,(H,25,28)/b10-7+. The highest BCUT2D eigenvalue weighted by molar-refractivity contribution is 7.92. The molecule has 0 radical (unpaired) electrons. The van der Waals surface area contributed by atoms with Gasteiger partial charge in [-0.25, -0.2) is 8.42 Å². The first-order valence-corrected chi connectivity index (χ1v) is 11.6. The predicted molar refractivity (Wildman–Crippen MR) is 127 cm³/mol. The molecular formula is C24H26N2O4S. The molecule has 0 spiro atoms. The molecule has 0 saturated carbocycles. The Labute approximate surface area is 182 Å². The van der Waals surface area contributed by atoms with Gasteiger partial charge in [-0.1, -0.05) is 45.1 Å².